The summed E-state index contributed by atoms with van der Waals surface area (Å²) in [5, 5.41) is 12.9. The van der Waals surface area contributed by atoms with Gasteiger partial charge in [-0.2, -0.15) is 0 Å². The van der Waals surface area contributed by atoms with Crippen molar-refractivity contribution in [3.8, 4) is 0 Å². The molecular weight excluding hydrogens is 340 g/mol. The van der Waals surface area contributed by atoms with Crippen LogP contribution in [0.25, 0.3) is 5.65 Å². The molecule has 1 aliphatic rings. The Morgan fingerprint density at radius 1 is 1.19 bits per heavy atom. The maximum atomic E-state index is 13.1. The quantitative estimate of drug-likeness (QED) is 0.728. The second-order valence-corrected chi connectivity index (χ2v) is 7.03. The zero-order chi connectivity index (χ0) is 18.6. The number of hydrogen-bond donors (Lipinski definition) is 2. The number of imidazole rings is 1. The molecule has 1 saturated heterocycles. The molecule has 1 aromatic carbocycles. The van der Waals surface area contributed by atoms with Crippen LogP contribution in [0, 0.1) is 0 Å². The molecule has 3 aromatic rings. The van der Waals surface area contributed by atoms with E-state index in [1.807, 2.05) is 59.3 Å². The summed E-state index contributed by atoms with van der Waals surface area (Å²) in [6, 6.07) is 13.5. The fraction of sp³-hybridized carbons (Fsp3) is 0.333. The summed E-state index contributed by atoms with van der Waals surface area (Å²) in [4.78, 5) is 19.5. The lowest BCUT2D eigenvalue weighted by Crippen LogP contribution is -2.45. The van der Waals surface area contributed by atoms with E-state index < -0.39 is 0 Å². The third kappa shape index (κ3) is 4.02. The minimum absolute atomic E-state index is 0.0131. The minimum atomic E-state index is -0.339. The van der Waals surface area contributed by atoms with E-state index >= 15 is 0 Å². The number of aliphatic hydroxyl groups is 1. The highest BCUT2D eigenvalue weighted by molar-refractivity contribution is 5.83. The van der Waals surface area contributed by atoms with Gasteiger partial charge in [-0.25, -0.2) is 4.98 Å². The molecule has 2 N–H and O–H groups in total. The van der Waals surface area contributed by atoms with Crippen LogP contribution in [0.1, 0.15) is 30.0 Å². The number of carbonyl (C=O) groups is 1. The maximum absolute atomic E-state index is 13.1. The molecule has 0 saturated carbocycles. The minimum Gasteiger partial charge on any atom is -0.393 e. The number of aromatic nitrogens is 2. The van der Waals surface area contributed by atoms with Crippen molar-refractivity contribution >= 4 is 11.6 Å². The number of fused-ring (bicyclic) bond motifs is 1. The van der Waals surface area contributed by atoms with Gasteiger partial charge in [0.1, 0.15) is 11.7 Å². The highest BCUT2D eigenvalue weighted by Gasteiger charge is 2.30. The molecule has 1 atom stereocenters. The molecule has 1 fully saturated rings. The van der Waals surface area contributed by atoms with Gasteiger partial charge >= 0.3 is 0 Å². The number of likely N-dealkylation sites (tertiary alicyclic amines) is 1. The maximum Gasteiger partial charge on any atom is 0.242 e. The predicted molar refractivity (Wildman–Crippen MR) is 103 cm³/mol. The van der Waals surface area contributed by atoms with Crippen molar-refractivity contribution in [3.05, 3.63) is 72.2 Å². The van der Waals surface area contributed by atoms with Gasteiger partial charge in [0.25, 0.3) is 0 Å². The van der Waals surface area contributed by atoms with E-state index in [1.54, 1.807) is 6.20 Å². The lowest BCUT2D eigenvalue weighted by molar-refractivity contribution is -0.127. The van der Waals surface area contributed by atoms with Crippen LogP contribution in [0.15, 0.2) is 61.1 Å². The zero-order valence-electron chi connectivity index (χ0n) is 15.2. The molecule has 0 aliphatic carbocycles. The van der Waals surface area contributed by atoms with Gasteiger partial charge in [-0.05, 0) is 36.1 Å². The van der Waals surface area contributed by atoms with Crippen LogP contribution in [0.3, 0.4) is 0 Å². The number of piperidine rings is 1. The Morgan fingerprint density at radius 3 is 2.74 bits per heavy atom. The first-order valence-electron chi connectivity index (χ1n) is 9.37. The second-order valence-electron chi connectivity index (χ2n) is 7.03. The number of rotatable bonds is 5. The Labute approximate surface area is 158 Å². The average molecular weight is 364 g/mol. The Balaban J connectivity index is 1.49. The molecule has 3 heterocycles. The van der Waals surface area contributed by atoms with E-state index in [0.717, 1.165) is 16.8 Å². The van der Waals surface area contributed by atoms with Crippen LogP contribution in [0.2, 0.25) is 0 Å². The van der Waals surface area contributed by atoms with Gasteiger partial charge in [-0.15, -0.1) is 0 Å². The van der Waals surface area contributed by atoms with Crippen molar-refractivity contribution in [1.82, 2.24) is 19.6 Å². The van der Waals surface area contributed by atoms with Crippen molar-refractivity contribution in [2.24, 2.45) is 0 Å². The summed E-state index contributed by atoms with van der Waals surface area (Å²) >= 11 is 0. The molecule has 27 heavy (non-hydrogen) atoms. The summed E-state index contributed by atoms with van der Waals surface area (Å²) in [5.41, 5.74) is 2.87. The second kappa shape index (κ2) is 7.90. The molecule has 1 aliphatic heterocycles. The van der Waals surface area contributed by atoms with Gasteiger partial charge in [-0.3, -0.25) is 9.69 Å². The lowest BCUT2D eigenvalue weighted by atomic mass is 10.00. The largest absolute Gasteiger partial charge is 0.393 e. The van der Waals surface area contributed by atoms with Crippen LogP contribution in [-0.2, 0) is 11.3 Å². The van der Waals surface area contributed by atoms with Crippen LogP contribution in [0.5, 0.6) is 0 Å². The summed E-state index contributed by atoms with van der Waals surface area (Å²) in [6.07, 6.45) is 6.74. The van der Waals surface area contributed by atoms with E-state index in [1.165, 1.54) is 0 Å². The molecule has 1 unspecified atom stereocenters. The molecule has 0 spiro atoms. The zero-order valence-corrected chi connectivity index (χ0v) is 15.2. The van der Waals surface area contributed by atoms with E-state index in [2.05, 4.69) is 15.2 Å². The SMILES string of the molecule is O=C(NCc1ccn2ccnc2c1)C(c1ccccc1)N1CCC(O)CC1. The van der Waals surface area contributed by atoms with Gasteiger partial charge < -0.3 is 14.8 Å². The smallest absolute Gasteiger partial charge is 0.242 e. The molecule has 0 radical (unpaired) electrons. The van der Waals surface area contributed by atoms with Crippen LogP contribution < -0.4 is 5.32 Å². The average Bonchev–Trinajstić information content (AvgIpc) is 3.17. The van der Waals surface area contributed by atoms with Crippen molar-refractivity contribution < 1.29 is 9.90 Å². The molecule has 2 aromatic heterocycles. The Bertz CT molecular complexity index is 901. The van der Waals surface area contributed by atoms with Gasteiger partial charge in [0.2, 0.25) is 5.91 Å². The number of carbonyl (C=O) groups excluding carboxylic acids is 1. The van der Waals surface area contributed by atoms with Crippen LogP contribution in [-0.4, -0.2) is 44.5 Å². The third-order valence-electron chi connectivity index (χ3n) is 5.16. The van der Waals surface area contributed by atoms with E-state index in [0.29, 0.717) is 32.5 Å². The molecular formula is C21H24N4O2. The topological polar surface area (TPSA) is 69.9 Å². The number of aliphatic hydroxyl groups excluding tert-OH is 1. The first kappa shape index (κ1) is 17.7. The van der Waals surface area contributed by atoms with Crippen molar-refractivity contribution in [3.63, 3.8) is 0 Å². The number of benzene rings is 1. The highest BCUT2D eigenvalue weighted by atomic mass is 16.3. The first-order chi connectivity index (χ1) is 13.2. The standard InChI is InChI=1S/C21H24N4O2/c26-18-7-11-25(12-8-18)20(17-4-2-1-3-5-17)21(27)23-15-16-6-10-24-13-9-22-19(24)14-16/h1-6,9-10,13-14,18,20,26H,7-8,11-12,15H2,(H,23,27). The van der Waals surface area contributed by atoms with Crippen molar-refractivity contribution in [2.75, 3.05) is 13.1 Å². The Kier molecular flexibility index (Phi) is 5.18. The molecule has 4 rings (SSSR count). The monoisotopic (exact) mass is 364 g/mol. The summed E-state index contributed by atoms with van der Waals surface area (Å²) in [7, 11) is 0. The summed E-state index contributed by atoms with van der Waals surface area (Å²) in [6.45, 7) is 1.89. The highest BCUT2D eigenvalue weighted by Crippen LogP contribution is 2.25. The lowest BCUT2D eigenvalue weighted by Gasteiger charge is -2.35. The predicted octanol–water partition coefficient (Wildman–Crippen LogP) is 2.15. The Hall–Kier alpha value is -2.70. The normalized spacial score (nSPS) is 17.1. The van der Waals surface area contributed by atoms with Gasteiger partial charge in [0, 0.05) is 38.2 Å². The molecule has 6 nitrogen and oxygen atoms in total. The number of nitrogens with one attached hydrogen (secondary N) is 1. The number of nitrogens with zero attached hydrogens (tertiary/aromatic N) is 3. The third-order valence-corrected chi connectivity index (χ3v) is 5.16. The van der Waals surface area contributed by atoms with Crippen LogP contribution in [0.4, 0.5) is 0 Å². The molecule has 6 heteroatoms. The summed E-state index contributed by atoms with van der Waals surface area (Å²) < 4.78 is 1.94. The number of amides is 1. The van der Waals surface area contributed by atoms with Crippen molar-refractivity contribution in [1.29, 1.82) is 0 Å². The molecule has 140 valence electrons. The fourth-order valence-electron chi connectivity index (χ4n) is 3.66. The fourth-order valence-corrected chi connectivity index (χ4v) is 3.66. The van der Waals surface area contributed by atoms with Gasteiger partial charge in [0.15, 0.2) is 0 Å². The van der Waals surface area contributed by atoms with Gasteiger partial charge in [0.05, 0.1) is 6.10 Å². The first-order valence-corrected chi connectivity index (χ1v) is 9.37. The number of hydrogen-bond acceptors (Lipinski definition) is 4. The number of pyridine rings is 1. The van der Waals surface area contributed by atoms with E-state index in [-0.39, 0.29) is 18.1 Å². The Morgan fingerprint density at radius 2 is 1.96 bits per heavy atom. The summed E-state index contributed by atoms with van der Waals surface area (Å²) in [5.74, 6) is -0.0131. The van der Waals surface area contributed by atoms with Gasteiger partial charge in [-0.1, -0.05) is 30.3 Å². The molecule has 1 amide bonds. The van der Waals surface area contributed by atoms with E-state index in [4.69, 9.17) is 0 Å². The van der Waals surface area contributed by atoms with E-state index in [9.17, 15) is 9.90 Å². The molecule has 0 bridgehead atoms. The van der Waals surface area contributed by atoms with Crippen LogP contribution >= 0.6 is 0 Å². The van der Waals surface area contributed by atoms with Crippen molar-refractivity contribution in [2.45, 2.75) is 31.5 Å².